The van der Waals surface area contributed by atoms with Crippen LogP contribution in [0.15, 0.2) is 12.1 Å². The third kappa shape index (κ3) is 2.64. The number of halogens is 2. The van der Waals surface area contributed by atoms with Gasteiger partial charge in [-0.25, -0.2) is 13.6 Å². The number of carbonyl (C=O) groups is 2. The maximum Gasteiger partial charge on any atom is 0.336 e. The van der Waals surface area contributed by atoms with Crippen molar-refractivity contribution < 1.29 is 23.5 Å². The molecule has 0 aliphatic carbocycles. The highest BCUT2D eigenvalue weighted by Crippen LogP contribution is 2.17. The average Bonchev–Trinajstić information content (AvgIpc) is 2.29. The summed E-state index contributed by atoms with van der Waals surface area (Å²) in [6.45, 7) is 3.44. The molecule has 4 nitrogen and oxygen atoms in total. The second-order valence-electron chi connectivity index (χ2n) is 4.13. The van der Waals surface area contributed by atoms with Crippen LogP contribution in [0.25, 0.3) is 0 Å². The van der Waals surface area contributed by atoms with Gasteiger partial charge in [-0.1, -0.05) is 0 Å². The van der Waals surface area contributed by atoms with Crippen molar-refractivity contribution in [2.75, 3.05) is 7.05 Å². The van der Waals surface area contributed by atoms with Gasteiger partial charge >= 0.3 is 5.97 Å². The predicted molar refractivity (Wildman–Crippen MR) is 60.5 cm³/mol. The second kappa shape index (κ2) is 5.12. The van der Waals surface area contributed by atoms with Gasteiger partial charge in [0.2, 0.25) is 0 Å². The number of carboxylic acid groups (broad SMARTS) is 1. The largest absolute Gasteiger partial charge is 0.478 e. The molecule has 0 aliphatic heterocycles. The highest BCUT2D eigenvalue weighted by atomic mass is 19.2. The number of hydrogen-bond acceptors (Lipinski definition) is 2. The van der Waals surface area contributed by atoms with E-state index in [-0.39, 0.29) is 11.6 Å². The van der Waals surface area contributed by atoms with E-state index in [1.807, 2.05) is 0 Å². The van der Waals surface area contributed by atoms with E-state index in [1.165, 1.54) is 11.9 Å². The van der Waals surface area contributed by atoms with E-state index in [2.05, 4.69) is 0 Å². The SMILES string of the molecule is CC(C)N(C)C(=O)c1cc(F)c(F)cc1C(=O)O. The normalized spacial score (nSPS) is 10.6. The Balaban J connectivity index is 3.35. The van der Waals surface area contributed by atoms with Crippen molar-refractivity contribution in [3.63, 3.8) is 0 Å². The number of rotatable bonds is 3. The minimum absolute atomic E-state index is 0.188. The van der Waals surface area contributed by atoms with Crippen molar-refractivity contribution >= 4 is 11.9 Å². The molecule has 1 aromatic rings. The summed E-state index contributed by atoms with van der Waals surface area (Å²) in [4.78, 5) is 24.1. The lowest BCUT2D eigenvalue weighted by atomic mass is 10.1. The molecule has 0 heterocycles. The van der Waals surface area contributed by atoms with E-state index in [4.69, 9.17) is 5.11 Å². The Morgan fingerprint density at radius 2 is 1.61 bits per heavy atom. The number of hydrogen-bond donors (Lipinski definition) is 1. The standard InChI is InChI=1S/C12H13F2NO3/c1-6(2)15(3)11(16)7-4-9(13)10(14)5-8(7)12(17)18/h4-6H,1-3H3,(H,17,18). The molecule has 0 spiro atoms. The highest BCUT2D eigenvalue weighted by molar-refractivity contribution is 6.04. The number of benzene rings is 1. The van der Waals surface area contributed by atoms with Crippen LogP contribution in [0.2, 0.25) is 0 Å². The molecule has 18 heavy (non-hydrogen) atoms. The third-order valence-corrected chi connectivity index (χ3v) is 2.62. The van der Waals surface area contributed by atoms with Gasteiger partial charge in [0, 0.05) is 13.1 Å². The fraction of sp³-hybridized carbons (Fsp3) is 0.333. The van der Waals surface area contributed by atoms with Crippen LogP contribution < -0.4 is 0 Å². The maximum atomic E-state index is 13.1. The summed E-state index contributed by atoms with van der Waals surface area (Å²) in [5.74, 6) is -4.69. The molecule has 0 aliphatic rings. The summed E-state index contributed by atoms with van der Waals surface area (Å²) >= 11 is 0. The first-order chi connectivity index (χ1) is 8.25. The van der Waals surface area contributed by atoms with Crippen molar-refractivity contribution in [3.05, 3.63) is 34.9 Å². The predicted octanol–water partition coefficient (Wildman–Crippen LogP) is 2.14. The van der Waals surface area contributed by atoms with Crippen LogP contribution in [-0.2, 0) is 0 Å². The van der Waals surface area contributed by atoms with Crippen molar-refractivity contribution in [3.8, 4) is 0 Å². The van der Waals surface area contributed by atoms with Gasteiger partial charge in [-0.3, -0.25) is 4.79 Å². The Hall–Kier alpha value is -1.98. The molecule has 1 rings (SSSR count). The van der Waals surface area contributed by atoms with Gasteiger partial charge in [-0.2, -0.15) is 0 Å². The van der Waals surface area contributed by atoms with Gasteiger partial charge in [0.25, 0.3) is 5.91 Å². The minimum Gasteiger partial charge on any atom is -0.478 e. The van der Waals surface area contributed by atoms with Crippen LogP contribution in [0.5, 0.6) is 0 Å². The summed E-state index contributed by atoms with van der Waals surface area (Å²) in [6, 6.07) is 0.936. The third-order valence-electron chi connectivity index (χ3n) is 2.62. The molecule has 98 valence electrons. The van der Waals surface area contributed by atoms with Gasteiger partial charge in [-0.05, 0) is 26.0 Å². The molecular formula is C12H13F2NO3. The monoisotopic (exact) mass is 257 g/mol. The lowest BCUT2D eigenvalue weighted by Crippen LogP contribution is -2.34. The van der Waals surface area contributed by atoms with Gasteiger partial charge in [0.05, 0.1) is 11.1 Å². The average molecular weight is 257 g/mol. The number of aromatic carboxylic acids is 1. The summed E-state index contributed by atoms with van der Waals surface area (Å²) in [5.41, 5.74) is -0.913. The van der Waals surface area contributed by atoms with Gasteiger partial charge in [0.1, 0.15) is 0 Å². The number of nitrogens with zero attached hydrogens (tertiary/aromatic N) is 1. The van der Waals surface area contributed by atoms with Crippen LogP contribution >= 0.6 is 0 Å². The zero-order chi connectivity index (χ0) is 14.0. The first-order valence-electron chi connectivity index (χ1n) is 5.25. The Labute approximate surface area is 103 Å². The topological polar surface area (TPSA) is 57.6 Å². The van der Waals surface area contributed by atoms with E-state index >= 15 is 0 Å². The van der Waals surface area contributed by atoms with Crippen LogP contribution in [0.1, 0.15) is 34.6 Å². The second-order valence-corrected chi connectivity index (χ2v) is 4.13. The van der Waals surface area contributed by atoms with Crippen LogP contribution in [0.3, 0.4) is 0 Å². The minimum atomic E-state index is -1.48. The maximum absolute atomic E-state index is 13.1. The molecule has 0 radical (unpaired) electrons. The Kier molecular flexibility index (Phi) is 4.00. The Morgan fingerprint density at radius 3 is 2.00 bits per heavy atom. The quantitative estimate of drug-likeness (QED) is 0.902. The van der Waals surface area contributed by atoms with Crippen LogP contribution in [0, 0.1) is 11.6 Å². The zero-order valence-electron chi connectivity index (χ0n) is 10.2. The lowest BCUT2D eigenvalue weighted by Gasteiger charge is -2.22. The first-order valence-corrected chi connectivity index (χ1v) is 5.25. The van der Waals surface area contributed by atoms with Crippen LogP contribution in [0.4, 0.5) is 8.78 Å². The van der Waals surface area contributed by atoms with E-state index in [0.29, 0.717) is 12.1 Å². The molecule has 0 bridgehead atoms. The number of carbonyl (C=O) groups excluding carboxylic acids is 1. The van der Waals surface area contributed by atoms with Gasteiger partial charge in [0.15, 0.2) is 11.6 Å². The van der Waals surface area contributed by atoms with Gasteiger partial charge < -0.3 is 10.0 Å². The molecule has 0 fully saturated rings. The van der Waals surface area contributed by atoms with Crippen molar-refractivity contribution in [2.24, 2.45) is 0 Å². The van der Waals surface area contributed by atoms with Crippen molar-refractivity contribution in [1.29, 1.82) is 0 Å². The summed E-state index contributed by atoms with van der Waals surface area (Å²) in [7, 11) is 1.46. The number of carboxylic acids is 1. The molecule has 0 saturated heterocycles. The molecular weight excluding hydrogens is 244 g/mol. The molecule has 0 unspecified atom stereocenters. The number of amides is 1. The van der Waals surface area contributed by atoms with E-state index in [1.54, 1.807) is 13.8 Å². The zero-order valence-corrected chi connectivity index (χ0v) is 10.2. The molecule has 0 aromatic heterocycles. The molecule has 1 aromatic carbocycles. The molecule has 6 heteroatoms. The van der Waals surface area contributed by atoms with E-state index in [9.17, 15) is 18.4 Å². The Morgan fingerprint density at radius 1 is 1.17 bits per heavy atom. The smallest absolute Gasteiger partial charge is 0.336 e. The fourth-order valence-electron chi connectivity index (χ4n) is 1.33. The summed E-state index contributed by atoms with van der Waals surface area (Å²) in [6.07, 6.45) is 0. The molecule has 1 amide bonds. The van der Waals surface area contributed by atoms with Crippen molar-refractivity contribution in [2.45, 2.75) is 19.9 Å². The first kappa shape index (κ1) is 14.1. The van der Waals surface area contributed by atoms with Crippen LogP contribution in [-0.4, -0.2) is 35.0 Å². The van der Waals surface area contributed by atoms with Gasteiger partial charge in [-0.15, -0.1) is 0 Å². The fourth-order valence-corrected chi connectivity index (χ4v) is 1.33. The lowest BCUT2D eigenvalue weighted by molar-refractivity contribution is 0.0673. The summed E-state index contributed by atoms with van der Waals surface area (Å²) < 4.78 is 26.1. The highest BCUT2D eigenvalue weighted by Gasteiger charge is 2.23. The molecule has 0 atom stereocenters. The molecule has 1 N–H and O–H groups in total. The van der Waals surface area contributed by atoms with E-state index < -0.39 is 29.1 Å². The Bertz CT molecular complexity index is 500. The van der Waals surface area contributed by atoms with E-state index in [0.717, 1.165) is 0 Å². The van der Waals surface area contributed by atoms with Crippen molar-refractivity contribution in [1.82, 2.24) is 4.90 Å². The summed E-state index contributed by atoms with van der Waals surface area (Å²) in [5, 5.41) is 8.89. The molecule has 0 saturated carbocycles.